The van der Waals surface area contributed by atoms with E-state index in [1.807, 2.05) is 13.8 Å². The summed E-state index contributed by atoms with van der Waals surface area (Å²) in [4.78, 5) is 23.3. The Kier molecular flexibility index (Phi) is 4.77. The molecule has 0 aliphatic rings. The maximum absolute atomic E-state index is 12.7. The monoisotopic (exact) mass is 249 g/mol. The lowest BCUT2D eigenvalue weighted by Crippen LogP contribution is -2.27. The lowest BCUT2D eigenvalue weighted by Gasteiger charge is -2.09. The van der Waals surface area contributed by atoms with Crippen LogP contribution >= 0.6 is 0 Å². The first-order valence-corrected chi connectivity index (χ1v) is 5.69. The molecule has 1 N–H and O–H groups in total. The van der Waals surface area contributed by atoms with Gasteiger partial charge in [-0.1, -0.05) is 20.4 Å². The minimum absolute atomic E-state index is 0.00672. The van der Waals surface area contributed by atoms with E-state index < -0.39 is 11.6 Å². The number of nitrogens with one attached hydrogen (secondary N) is 1. The van der Waals surface area contributed by atoms with Crippen LogP contribution in [0, 0.1) is 11.7 Å². The first-order chi connectivity index (χ1) is 8.40. The second-order valence-corrected chi connectivity index (χ2v) is 4.46. The highest BCUT2D eigenvalue weighted by Crippen LogP contribution is 2.08. The Hall–Kier alpha value is -1.97. The number of halogens is 1. The van der Waals surface area contributed by atoms with Crippen molar-refractivity contribution in [1.29, 1.82) is 0 Å². The highest BCUT2D eigenvalue weighted by atomic mass is 19.1. The molecule has 1 amide bonds. The first-order valence-electron chi connectivity index (χ1n) is 5.69. The Labute approximate surface area is 106 Å². The minimum atomic E-state index is -0.416. The molecule has 1 aromatic rings. The van der Waals surface area contributed by atoms with Gasteiger partial charge in [0.15, 0.2) is 0 Å². The summed E-state index contributed by atoms with van der Waals surface area (Å²) in [5, 5.41) is 2.45. The largest absolute Gasteiger partial charge is 0.323 e. The topological polar surface area (TPSA) is 46.2 Å². The maximum Gasteiger partial charge on any atom is 0.224 e. The van der Waals surface area contributed by atoms with E-state index in [-0.39, 0.29) is 17.5 Å². The van der Waals surface area contributed by atoms with Crippen LogP contribution < -0.4 is 5.32 Å². The molecule has 0 aliphatic heterocycles. The number of amides is 1. The van der Waals surface area contributed by atoms with Gasteiger partial charge in [-0.2, -0.15) is 0 Å². The van der Waals surface area contributed by atoms with Crippen LogP contribution in [0.4, 0.5) is 4.39 Å². The molecule has 0 saturated carbocycles. The molecule has 0 atom stereocenters. The molecule has 96 valence electrons. The zero-order chi connectivity index (χ0) is 13.7. The lowest BCUT2D eigenvalue weighted by molar-refractivity contribution is -0.121. The fourth-order valence-electron chi connectivity index (χ4n) is 1.42. The number of hydrogen-bond donors (Lipinski definition) is 1. The van der Waals surface area contributed by atoms with Gasteiger partial charge in [0.25, 0.3) is 0 Å². The summed E-state index contributed by atoms with van der Waals surface area (Å²) in [7, 11) is 0. The van der Waals surface area contributed by atoms with E-state index in [4.69, 9.17) is 0 Å². The van der Waals surface area contributed by atoms with Crippen LogP contribution in [0.1, 0.15) is 30.6 Å². The predicted molar refractivity (Wildman–Crippen MR) is 67.5 cm³/mol. The van der Waals surface area contributed by atoms with Crippen LogP contribution in [-0.4, -0.2) is 11.7 Å². The average Bonchev–Trinajstić information content (AvgIpc) is 2.27. The van der Waals surface area contributed by atoms with Gasteiger partial charge in [-0.05, 0) is 30.2 Å². The summed E-state index contributed by atoms with van der Waals surface area (Å²) >= 11 is 0. The van der Waals surface area contributed by atoms with Crippen LogP contribution in [0.15, 0.2) is 36.5 Å². The summed E-state index contributed by atoms with van der Waals surface area (Å²) in [6.45, 7) is 7.34. The van der Waals surface area contributed by atoms with Crippen LogP contribution in [0.25, 0.3) is 0 Å². The molecule has 0 aromatic heterocycles. The summed E-state index contributed by atoms with van der Waals surface area (Å²) < 4.78 is 12.7. The third kappa shape index (κ3) is 4.13. The number of benzene rings is 1. The molecule has 3 nitrogen and oxygen atoms in total. The number of Topliss-reactive ketones (excluding diaryl/α,β-unsaturated/α-hetero) is 1. The lowest BCUT2D eigenvalue weighted by atomic mass is 10.1. The number of ketones is 1. The third-order valence-electron chi connectivity index (χ3n) is 2.26. The molecule has 4 heteroatoms. The molecular weight excluding hydrogens is 233 g/mol. The molecule has 0 bridgehead atoms. The number of carbonyl (C=O) groups excluding carboxylic acids is 2. The number of rotatable bonds is 5. The van der Waals surface area contributed by atoms with Gasteiger partial charge in [-0.15, -0.1) is 0 Å². The molecule has 0 fully saturated rings. The minimum Gasteiger partial charge on any atom is -0.323 e. The van der Waals surface area contributed by atoms with Crippen molar-refractivity contribution in [2.45, 2.75) is 20.3 Å². The highest BCUT2D eigenvalue weighted by Gasteiger charge is 2.13. The van der Waals surface area contributed by atoms with E-state index in [0.717, 1.165) is 0 Å². The zero-order valence-corrected chi connectivity index (χ0v) is 10.5. The molecule has 0 aliphatic carbocycles. The van der Waals surface area contributed by atoms with Crippen molar-refractivity contribution in [1.82, 2.24) is 5.32 Å². The number of allylic oxidation sites excluding steroid dienone is 1. The van der Waals surface area contributed by atoms with Crippen LogP contribution in [0.2, 0.25) is 0 Å². The van der Waals surface area contributed by atoms with E-state index in [0.29, 0.717) is 12.0 Å². The van der Waals surface area contributed by atoms with Crippen LogP contribution in [-0.2, 0) is 4.79 Å². The molecule has 0 spiro atoms. The van der Waals surface area contributed by atoms with Gasteiger partial charge < -0.3 is 5.32 Å². The highest BCUT2D eigenvalue weighted by molar-refractivity contribution is 6.09. The Morgan fingerprint density at radius 3 is 2.33 bits per heavy atom. The summed E-state index contributed by atoms with van der Waals surface area (Å²) in [5.41, 5.74) is 0.304. The van der Waals surface area contributed by atoms with Gasteiger partial charge in [0, 0.05) is 12.0 Å². The predicted octanol–water partition coefficient (Wildman–Crippen LogP) is 2.68. The molecule has 0 radical (unpaired) electrons. The Morgan fingerprint density at radius 2 is 1.83 bits per heavy atom. The Balaban J connectivity index is 2.64. The summed E-state index contributed by atoms with van der Waals surface area (Å²) in [6.07, 6.45) is 0.329. The second kappa shape index (κ2) is 6.10. The molecular formula is C14H16FNO2. The molecule has 1 rings (SSSR count). The van der Waals surface area contributed by atoms with Crippen molar-refractivity contribution < 1.29 is 14.0 Å². The van der Waals surface area contributed by atoms with Crippen LogP contribution in [0.5, 0.6) is 0 Å². The van der Waals surface area contributed by atoms with Gasteiger partial charge in [-0.25, -0.2) is 4.39 Å². The fourth-order valence-corrected chi connectivity index (χ4v) is 1.42. The standard InChI is InChI=1S/C14H16FNO2/c1-9(2)8-13(17)16-10(3)14(18)11-4-6-12(15)7-5-11/h4-7,9H,3,8H2,1-2H3,(H,16,17). The van der Waals surface area contributed by atoms with Gasteiger partial charge >= 0.3 is 0 Å². The van der Waals surface area contributed by atoms with Gasteiger partial charge in [0.2, 0.25) is 11.7 Å². The van der Waals surface area contributed by atoms with Gasteiger partial charge in [-0.3, -0.25) is 9.59 Å². The van der Waals surface area contributed by atoms with Crippen molar-refractivity contribution in [3.63, 3.8) is 0 Å². The quantitative estimate of drug-likeness (QED) is 0.644. The van der Waals surface area contributed by atoms with E-state index in [2.05, 4.69) is 11.9 Å². The zero-order valence-electron chi connectivity index (χ0n) is 10.5. The van der Waals surface area contributed by atoms with E-state index in [1.165, 1.54) is 24.3 Å². The average molecular weight is 249 g/mol. The van der Waals surface area contributed by atoms with Crippen molar-refractivity contribution in [3.05, 3.63) is 47.9 Å². The Bertz CT molecular complexity index is 463. The SMILES string of the molecule is C=C(NC(=O)CC(C)C)C(=O)c1ccc(F)cc1. The number of carbonyl (C=O) groups is 2. The van der Waals surface area contributed by atoms with Crippen molar-refractivity contribution in [2.75, 3.05) is 0 Å². The first kappa shape index (κ1) is 14.1. The summed E-state index contributed by atoms with van der Waals surface area (Å²) in [6, 6.07) is 5.10. The molecule has 18 heavy (non-hydrogen) atoms. The van der Waals surface area contributed by atoms with Crippen molar-refractivity contribution >= 4 is 11.7 Å². The molecule has 1 aromatic carbocycles. The van der Waals surface area contributed by atoms with E-state index >= 15 is 0 Å². The second-order valence-electron chi connectivity index (χ2n) is 4.46. The maximum atomic E-state index is 12.7. The normalized spacial score (nSPS) is 10.2. The summed E-state index contributed by atoms with van der Waals surface area (Å²) in [5.74, 6) is -0.864. The van der Waals surface area contributed by atoms with Crippen LogP contribution in [0.3, 0.4) is 0 Å². The van der Waals surface area contributed by atoms with Crippen molar-refractivity contribution in [3.8, 4) is 0 Å². The third-order valence-corrected chi connectivity index (χ3v) is 2.26. The van der Waals surface area contributed by atoms with Gasteiger partial charge in [0.05, 0.1) is 5.70 Å². The molecule has 0 unspecified atom stereocenters. The van der Waals surface area contributed by atoms with Gasteiger partial charge in [0.1, 0.15) is 5.82 Å². The van der Waals surface area contributed by atoms with E-state index in [1.54, 1.807) is 0 Å². The smallest absolute Gasteiger partial charge is 0.224 e. The molecule has 0 heterocycles. The van der Waals surface area contributed by atoms with E-state index in [9.17, 15) is 14.0 Å². The fraction of sp³-hybridized carbons (Fsp3) is 0.286. The Morgan fingerprint density at radius 1 is 1.28 bits per heavy atom. The number of hydrogen-bond acceptors (Lipinski definition) is 2. The molecule has 0 saturated heterocycles. The van der Waals surface area contributed by atoms with Crippen molar-refractivity contribution in [2.24, 2.45) is 5.92 Å².